The van der Waals surface area contributed by atoms with Gasteiger partial charge in [-0.1, -0.05) is 0 Å². The smallest absolute Gasteiger partial charge is 0.185 e. The largest absolute Gasteiger partial charge is 0.252 e. The Bertz CT molecular complexity index is 557. The molecule has 6 heteroatoms. The van der Waals surface area contributed by atoms with Gasteiger partial charge in [0.15, 0.2) is 11.6 Å². The second-order valence-electron chi connectivity index (χ2n) is 2.80. The van der Waals surface area contributed by atoms with Gasteiger partial charge in [0.05, 0.1) is 9.86 Å². The highest BCUT2D eigenvalue weighted by molar-refractivity contribution is 9.13. The molecule has 0 aliphatic rings. The number of nitrogens with zero attached hydrogens (tertiary/aromatic N) is 1. The van der Waals surface area contributed by atoms with Crippen molar-refractivity contribution in [3.63, 3.8) is 0 Å². The molecule has 2 rings (SSSR count). The zero-order valence-electron chi connectivity index (χ0n) is 6.99. The summed E-state index contributed by atoms with van der Waals surface area (Å²) in [5.41, 5.74) is -0.331. The fourth-order valence-electron chi connectivity index (χ4n) is 1.21. The van der Waals surface area contributed by atoms with Crippen molar-refractivity contribution in [2.75, 3.05) is 0 Å². The van der Waals surface area contributed by atoms with Gasteiger partial charge in [0.1, 0.15) is 11.3 Å². The van der Waals surface area contributed by atoms with E-state index in [4.69, 9.17) is 0 Å². The van der Waals surface area contributed by atoms with Crippen LogP contribution in [-0.4, -0.2) is 4.98 Å². The van der Waals surface area contributed by atoms with Crippen LogP contribution in [0.3, 0.4) is 0 Å². The Morgan fingerprint density at radius 1 is 1.07 bits per heavy atom. The third-order valence-corrected chi connectivity index (χ3v) is 3.84. The van der Waals surface area contributed by atoms with E-state index in [0.29, 0.717) is 15.0 Å². The minimum Gasteiger partial charge on any atom is -0.252 e. The number of rotatable bonds is 0. The molecule has 0 bridgehead atoms. The zero-order chi connectivity index (χ0) is 11.2. The third kappa shape index (κ3) is 1.65. The standard InChI is InChI=1S/C9H2Br2F3N/c10-3-2-15-9-6(7(3)11)4(12)1-5(13)8(9)14/h1-2H. The SMILES string of the molecule is Fc1cc(F)c2c(Br)c(Br)cnc2c1F. The van der Waals surface area contributed by atoms with Gasteiger partial charge in [-0.15, -0.1) is 0 Å². The van der Waals surface area contributed by atoms with E-state index in [9.17, 15) is 13.2 Å². The fourth-order valence-corrected chi connectivity index (χ4v) is 1.99. The molecule has 2 aromatic rings. The van der Waals surface area contributed by atoms with Crippen LogP contribution >= 0.6 is 31.9 Å². The summed E-state index contributed by atoms with van der Waals surface area (Å²) in [6.07, 6.45) is 1.27. The van der Waals surface area contributed by atoms with E-state index in [1.165, 1.54) is 6.20 Å². The Hall–Kier alpha value is -0.620. The topological polar surface area (TPSA) is 12.9 Å². The highest BCUT2D eigenvalue weighted by atomic mass is 79.9. The number of hydrogen-bond acceptors (Lipinski definition) is 1. The highest BCUT2D eigenvalue weighted by Crippen LogP contribution is 2.33. The molecule has 0 fully saturated rings. The first-order valence-corrected chi connectivity index (χ1v) is 5.38. The minimum absolute atomic E-state index is 0.0803. The van der Waals surface area contributed by atoms with Crippen molar-refractivity contribution in [2.24, 2.45) is 0 Å². The summed E-state index contributed by atoms with van der Waals surface area (Å²) in [6.45, 7) is 0. The monoisotopic (exact) mass is 339 g/mol. The summed E-state index contributed by atoms with van der Waals surface area (Å²) in [6, 6.07) is 0.497. The van der Waals surface area contributed by atoms with Crippen molar-refractivity contribution < 1.29 is 13.2 Å². The third-order valence-electron chi connectivity index (χ3n) is 1.88. The maximum Gasteiger partial charge on any atom is 0.185 e. The van der Waals surface area contributed by atoms with E-state index >= 15 is 0 Å². The van der Waals surface area contributed by atoms with Crippen LogP contribution in [0, 0.1) is 17.5 Å². The van der Waals surface area contributed by atoms with Gasteiger partial charge in [0.25, 0.3) is 0 Å². The molecule has 1 heterocycles. The molecule has 0 radical (unpaired) electrons. The van der Waals surface area contributed by atoms with E-state index in [2.05, 4.69) is 36.8 Å². The molecule has 0 unspecified atom stereocenters. The molecule has 0 atom stereocenters. The summed E-state index contributed by atoms with van der Waals surface area (Å²) in [7, 11) is 0. The lowest BCUT2D eigenvalue weighted by molar-refractivity contribution is 0.504. The van der Waals surface area contributed by atoms with Gasteiger partial charge in [-0.25, -0.2) is 13.2 Å². The van der Waals surface area contributed by atoms with Gasteiger partial charge >= 0.3 is 0 Å². The van der Waals surface area contributed by atoms with Gasteiger partial charge in [0.2, 0.25) is 0 Å². The normalized spacial score (nSPS) is 11.0. The Labute approximate surface area is 99.6 Å². The van der Waals surface area contributed by atoms with Crippen molar-refractivity contribution in [1.82, 2.24) is 4.98 Å². The predicted octanol–water partition coefficient (Wildman–Crippen LogP) is 4.18. The van der Waals surface area contributed by atoms with Crippen LogP contribution in [0.15, 0.2) is 21.2 Å². The van der Waals surface area contributed by atoms with Crippen molar-refractivity contribution in [3.8, 4) is 0 Å². The van der Waals surface area contributed by atoms with Crippen LogP contribution < -0.4 is 0 Å². The van der Waals surface area contributed by atoms with Crippen molar-refractivity contribution in [1.29, 1.82) is 0 Å². The molecule has 0 amide bonds. The van der Waals surface area contributed by atoms with E-state index in [-0.39, 0.29) is 10.9 Å². The minimum atomic E-state index is -1.25. The van der Waals surface area contributed by atoms with Crippen LogP contribution in [0.25, 0.3) is 10.9 Å². The lowest BCUT2D eigenvalue weighted by Gasteiger charge is -2.05. The first kappa shape index (κ1) is 10.9. The Morgan fingerprint density at radius 2 is 1.73 bits per heavy atom. The average Bonchev–Trinajstić information content (AvgIpc) is 2.18. The quantitative estimate of drug-likeness (QED) is 0.656. The molecule has 0 saturated carbocycles. The van der Waals surface area contributed by atoms with E-state index < -0.39 is 17.5 Å². The molecule has 15 heavy (non-hydrogen) atoms. The number of fused-ring (bicyclic) bond motifs is 1. The Kier molecular flexibility index (Phi) is 2.72. The first-order chi connectivity index (χ1) is 7.02. The number of benzene rings is 1. The molecule has 0 N–H and O–H groups in total. The molecule has 0 aliphatic heterocycles. The molecule has 78 valence electrons. The van der Waals surface area contributed by atoms with Crippen LogP contribution in [-0.2, 0) is 0 Å². The molecular weight excluding hydrogens is 339 g/mol. The van der Waals surface area contributed by atoms with Crippen LogP contribution in [0.1, 0.15) is 0 Å². The summed E-state index contributed by atoms with van der Waals surface area (Å²) < 4.78 is 40.3. The van der Waals surface area contributed by atoms with E-state index in [1.807, 2.05) is 0 Å². The summed E-state index contributed by atoms with van der Waals surface area (Å²) >= 11 is 6.18. The zero-order valence-corrected chi connectivity index (χ0v) is 10.2. The number of halogens is 5. The number of pyridine rings is 1. The van der Waals surface area contributed by atoms with Crippen molar-refractivity contribution in [3.05, 3.63) is 38.7 Å². The Morgan fingerprint density at radius 3 is 2.40 bits per heavy atom. The van der Waals surface area contributed by atoms with Crippen LogP contribution in [0.5, 0.6) is 0 Å². The first-order valence-electron chi connectivity index (χ1n) is 3.79. The lowest BCUT2D eigenvalue weighted by Crippen LogP contribution is -1.94. The van der Waals surface area contributed by atoms with E-state index in [1.54, 1.807) is 0 Å². The maximum atomic E-state index is 13.4. The average molecular weight is 341 g/mol. The predicted molar refractivity (Wildman–Crippen MR) is 57.0 cm³/mol. The fraction of sp³-hybridized carbons (Fsp3) is 0. The van der Waals surface area contributed by atoms with Gasteiger partial charge in [-0.3, -0.25) is 4.98 Å². The molecule has 0 spiro atoms. The molecule has 0 aliphatic carbocycles. The van der Waals surface area contributed by atoms with Gasteiger partial charge in [0, 0.05) is 16.7 Å². The molecule has 1 aromatic heterocycles. The summed E-state index contributed by atoms with van der Waals surface area (Å²) in [5, 5.41) is -0.0803. The molecule has 1 aromatic carbocycles. The highest BCUT2D eigenvalue weighted by Gasteiger charge is 2.17. The lowest BCUT2D eigenvalue weighted by atomic mass is 10.2. The van der Waals surface area contributed by atoms with Gasteiger partial charge in [-0.05, 0) is 31.9 Å². The number of aromatic nitrogens is 1. The molecular formula is C9H2Br2F3N. The molecule has 0 saturated heterocycles. The number of hydrogen-bond donors (Lipinski definition) is 0. The van der Waals surface area contributed by atoms with Gasteiger partial charge < -0.3 is 0 Å². The summed E-state index contributed by atoms with van der Waals surface area (Å²) in [4.78, 5) is 3.63. The maximum absolute atomic E-state index is 13.4. The van der Waals surface area contributed by atoms with Crippen molar-refractivity contribution in [2.45, 2.75) is 0 Å². The van der Waals surface area contributed by atoms with E-state index in [0.717, 1.165) is 0 Å². The second-order valence-corrected chi connectivity index (χ2v) is 4.45. The Balaban J connectivity index is 3.03. The second kappa shape index (κ2) is 3.75. The van der Waals surface area contributed by atoms with Crippen LogP contribution in [0.4, 0.5) is 13.2 Å². The van der Waals surface area contributed by atoms with Crippen LogP contribution in [0.2, 0.25) is 0 Å². The van der Waals surface area contributed by atoms with Gasteiger partial charge in [-0.2, -0.15) is 0 Å². The summed E-state index contributed by atoms with van der Waals surface area (Å²) in [5.74, 6) is -3.26. The van der Waals surface area contributed by atoms with Crippen molar-refractivity contribution >= 4 is 42.8 Å². The molecule has 1 nitrogen and oxygen atoms in total.